The van der Waals surface area contributed by atoms with Crippen LogP contribution in [-0.4, -0.2) is 36.7 Å². The number of carbonyl (C=O) groups excluding carboxylic acids is 1. The van der Waals surface area contributed by atoms with Crippen molar-refractivity contribution in [1.29, 1.82) is 0 Å². The largest absolute Gasteiger partial charge is 0.493 e. The molecule has 0 aromatic heterocycles. The molecule has 2 atom stereocenters. The van der Waals surface area contributed by atoms with E-state index in [4.69, 9.17) is 9.47 Å². The molecule has 2 aliphatic heterocycles. The Hall–Kier alpha value is -3.83. The molecule has 2 heterocycles. The fourth-order valence-electron chi connectivity index (χ4n) is 5.50. The molecule has 2 aliphatic rings. The lowest BCUT2D eigenvalue weighted by Crippen LogP contribution is -2.46. The zero-order valence-electron chi connectivity index (χ0n) is 20.9. The summed E-state index contributed by atoms with van der Waals surface area (Å²) in [5, 5.41) is 5.90. The average molecular weight is 493 g/mol. The lowest BCUT2D eigenvalue weighted by Gasteiger charge is -2.40. The molecule has 1 N–H and O–H groups in total. The summed E-state index contributed by atoms with van der Waals surface area (Å²) in [6, 6.07) is 30.7. The molecular formula is C32H32N2O3. The molecule has 37 heavy (non-hydrogen) atoms. The Morgan fingerprint density at radius 3 is 2.59 bits per heavy atom. The number of fused-ring (bicyclic) bond motifs is 2. The molecule has 5 nitrogen and oxygen atoms in total. The minimum atomic E-state index is -0.359. The number of amides is 1. The normalized spacial score (nSPS) is 19.0. The molecule has 4 aromatic carbocycles. The predicted octanol–water partition coefficient (Wildman–Crippen LogP) is 6.60. The van der Waals surface area contributed by atoms with Crippen LogP contribution in [0.4, 0.5) is 5.69 Å². The SMILES string of the molecule is O=C1c2ccccc2NC(c2c(OCCCc3ccccc3)ccc3ccccc23)N1CC1CCCO1. The van der Waals surface area contributed by atoms with Crippen molar-refractivity contribution in [3.05, 3.63) is 108 Å². The Labute approximate surface area is 218 Å². The van der Waals surface area contributed by atoms with Crippen LogP contribution in [0.25, 0.3) is 10.8 Å². The number of anilines is 1. The fourth-order valence-corrected chi connectivity index (χ4v) is 5.50. The highest BCUT2D eigenvalue weighted by Crippen LogP contribution is 2.41. The van der Waals surface area contributed by atoms with Gasteiger partial charge in [-0.05, 0) is 60.2 Å². The highest BCUT2D eigenvalue weighted by molar-refractivity contribution is 6.02. The van der Waals surface area contributed by atoms with Gasteiger partial charge in [-0.1, -0.05) is 72.8 Å². The topological polar surface area (TPSA) is 50.8 Å². The molecule has 0 bridgehead atoms. The molecule has 5 heteroatoms. The Bertz CT molecular complexity index is 1380. The maximum Gasteiger partial charge on any atom is 0.257 e. The second-order valence-corrected chi connectivity index (χ2v) is 9.82. The van der Waals surface area contributed by atoms with Gasteiger partial charge in [0.25, 0.3) is 5.91 Å². The monoisotopic (exact) mass is 492 g/mol. The summed E-state index contributed by atoms with van der Waals surface area (Å²) in [5.74, 6) is 0.839. The number of hydrogen-bond donors (Lipinski definition) is 1. The molecule has 1 saturated heterocycles. The van der Waals surface area contributed by atoms with E-state index in [0.29, 0.717) is 18.7 Å². The average Bonchev–Trinajstić information content (AvgIpc) is 3.46. The summed E-state index contributed by atoms with van der Waals surface area (Å²) in [5.41, 5.74) is 3.86. The lowest BCUT2D eigenvalue weighted by atomic mass is 9.97. The van der Waals surface area contributed by atoms with E-state index < -0.39 is 0 Å². The van der Waals surface area contributed by atoms with Gasteiger partial charge in [0.1, 0.15) is 11.9 Å². The van der Waals surface area contributed by atoms with Crippen LogP contribution in [0.2, 0.25) is 0 Å². The van der Waals surface area contributed by atoms with E-state index >= 15 is 0 Å². The summed E-state index contributed by atoms with van der Waals surface area (Å²) in [7, 11) is 0. The lowest BCUT2D eigenvalue weighted by molar-refractivity contribution is 0.0425. The number of ether oxygens (including phenoxy) is 2. The van der Waals surface area contributed by atoms with Gasteiger partial charge in [0, 0.05) is 24.4 Å². The van der Waals surface area contributed by atoms with Crippen molar-refractivity contribution in [2.45, 2.75) is 38.0 Å². The van der Waals surface area contributed by atoms with Crippen LogP contribution in [0.1, 0.15) is 46.9 Å². The van der Waals surface area contributed by atoms with E-state index in [1.165, 1.54) is 5.56 Å². The second-order valence-electron chi connectivity index (χ2n) is 9.82. The Balaban J connectivity index is 1.35. The van der Waals surface area contributed by atoms with Crippen LogP contribution in [0, 0.1) is 0 Å². The van der Waals surface area contributed by atoms with Gasteiger partial charge in [0.05, 0.1) is 18.3 Å². The quantitative estimate of drug-likeness (QED) is 0.282. The van der Waals surface area contributed by atoms with Gasteiger partial charge < -0.3 is 19.7 Å². The van der Waals surface area contributed by atoms with Crippen molar-refractivity contribution < 1.29 is 14.3 Å². The molecular weight excluding hydrogens is 460 g/mol. The molecule has 4 aromatic rings. The van der Waals surface area contributed by atoms with E-state index in [1.54, 1.807) is 0 Å². The number of carbonyl (C=O) groups is 1. The number of hydrogen-bond acceptors (Lipinski definition) is 4. The first-order valence-corrected chi connectivity index (χ1v) is 13.2. The first-order valence-electron chi connectivity index (χ1n) is 13.2. The molecule has 2 unspecified atom stereocenters. The van der Waals surface area contributed by atoms with E-state index in [-0.39, 0.29) is 18.2 Å². The van der Waals surface area contributed by atoms with Crippen molar-refractivity contribution in [3.8, 4) is 5.75 Å². The Morgan fingerprint density at radius 1 is 0.919 bits per heavy atom. The van der Waals surface area contributed by atoms with Gasteiger partial charge in [0.2, 0.25) is 0 Å². The summed E-state index contributed by atoms with van der Waals surface area (Å²) in [4.78, 5) is 15.8. The van der Waals surface area contributed by atoms with E-state index in [9.17, 15) is 4.79 Å². The maximum absolute atomic E-state index is 13.8. The van der Waals surface area contributed by atoms with E-state index in [1.807, 2.05) is 47.4 Å². The summed E-state index contributed by atoms with van der Waals surface area (Å²) >= 11 is 0. The number of benzene rings is 4. The number of rotatable bonds is 8. The van der Waals surface area contributed by atoms with Gasteiger partial charge in [-0.25, -0.2) is 0 Å². The van der Waals surface area contributed by atoms with Crippen LogP contribution in [0.5, 0.6) is 5.75 Å². The van der Waals surface area contributed by atoms with Gasteiger partial charge in [-0.2, -0.15) is 0 Å². The third-order valence-corrected chi connectivity index (χ3v) is 7.36. The van der Waals surface area contributed by atoms with Crippen LogP contribution < -0.4 is 10.1 Å². The first-order chi connectivity index (χ1) is 18.3. The molecule has 0 spiro atoms. The smallest absolute Gasteiger partial charge is 0.257 e. The standard InChI is InChI=1S/C32H32N2O3/c35-32-27-16-6-7-17-28(27)33-31(34(32)22-25-14-9-20-36-25)30-26-15-5-4-13-24(26)18-19-29(30)37-21-8-12-23-10-2-1-3-11-23/h1-7,10-11,13,15-19,25,31,33H,8-9,12,14,20-22H2. The number of para-hydroxylation sites is 1. The number of nitrogens with one attached hydrogen (secondary N) is 1. The zero-order valence-corrected chi connectivity index (χ0v) is 20.9. The van der Waals surface area contributed by atoms with Gasteiger partial charge in [0.15, 0.2) is 0 Å². The highest BCUT2D eigenvalue weighted by atomic mass is 16.5. The minimum Gasteiger partial charge on any atom is -0.493 e. The number of aryl methyl sites for hydroxylation is 1. The summed E-state index contributed by atoms with van der Waals surface area (Å²) in [6.07, 6.45) is 3.56. The maximum atomic E-state index is 13.8. The molecule has 188 valence electrons. The molecule has 0 saturated carbocycles. The van der Waals surface area contributed by atoms with Gasteiger partial charge in [-0.15, -0.1) is 0 Å². The highest BCUT2D eigenvalue weighted by Gasteiger charge is 2.37. The van der Waals surface area contributed by atoms with Crippen molar-refractivity contribution in [1.82, 2.24) is 4.90 Å². The molecule has 1 fully saturated rings. The van der Waals surface area contributed by atoms with Crippen LogP contribution in [-0.2, 0) is 11.2 Å². The Kier molecular flexibility index (Phi) is 6.78. The zero-order chi connectivity index (χ0) is 25.0. The van der Waals surface area contributed by atoms with Crippen molar-refractivity contribution >= 4 is 22.4 Å². The van der Waals surface area contributed by atoms with E-state index in [2.05, 4.69) is 53.8 Å². The van der Waals surface area contributed by atoms with Crippen molar-refractivity contribution in [2.75, 3.05) is 25.1 Å². The van der Waals surface area contributed by atoms with Gasteiger partial charge >= 0.3 is 0 Å². The molecule has 6 rings (SSSR count). The van der Waals surface area contributed by atoms with Crippen LogP contribution in [0.3, 0.4) is 0 Å². The summed E-state index contributed by atoms with van der Waals surface area (Å²) in [6.45, 7) is 1.90. The molecule has 0 radical (unpaired) electrons. The molecule has 1 amide bonds. The minimum absolute atomic E-state index is 0.0258. The van der Waals surface area contributed by atoms with Crippen LogP contribution in [0.15, 0.2) is 91.0 Å². The first kappa shape index (κ1) is 23.6. The van der Waals surface area contributed by atoms with Crippen molar-refractivity contribution in [3.63, 3.8) is 0 Å². The van der Waals surface area contributed by atoms with Gasteiger partial charge in [-0.3, -0.25) is 4.79 Å². The summed E-state index contributed by atoms with van der Waals surface area (Å²) < 4.78 is 12.4. The third-order valence-electron chi connectivity index (χ3n) is 7.36. The number of nitrogens with zero attached hydrogens (tertiary/aromatic N) is 1. The van der Waals surface area contributed by atoms with Crippen LogP contribution >= 0.6 is 0 Å². The predicted molar refractivity (Wildman–Crippen MR) is 147 cm³/mol. The van der Waals surface area contributed by atoms with E-state index in [0.717, 1.165) is 60.1 Å². The third kappa shape index (κ3) is 4.92. The van der Waals surface area contributed by atoms with Crippen molar-refractivity contribution in [2.24, 2.45) is 0 Å². The second kappa shape index (κ2) is 10.7. The molecule has 0 aliphatic carbocycles. The fraction of sp³-hybridized carbons (Fsp3) is 0.281. The Morgan fingerprint density at radius 2 is 1.73 bits per heavy atom.